The Morgan fingerprint density at radius 3 is 2.95 bits per heavy atom. The van der Waals surface area contributed by atoms with E-state index in [9.17, 15) is 9.90 Å². The van der Waals surface area contributed by atoms with Crippen LogP contribution in [-0.4, -0.2) is 43.6 Å². The predicted molar refractivity (Wildman–Crippen MR) is 79.3 cm³/mol. The summed E-state index contributed by atoms with van der Waals surface area (Å²) in [6, 6.07) is 0. The van der Waals surface area contributed by atoms with E-state index in [0.29, 0.717) is 17.1 Å². The van der Waals surface area contributed by atoms with Crippen molar-refractivity contribution in [2.75, 3.05) is 37.1 Å². The number of thiophene rings is 1. The van der Waals surface area contributed by atoms with Crippen molar-refractivity contribution < 1.29 is 14.6 Å². The minimum atomic E-state index is -0.401. The molecule has 19 heavy (non-hydrogen) atoms. The average Bonchev–Trinajstić information content (AvgIpc) is 2.75. The van der Waals surface area contributed by atoms with Crippen molar-refractivity contribution in [3.63, 3.8) is 0 Å². The zero-order valence-electron chi connectivity index (χ0n) is 11.0. The third-order valence-electron chi connectivity index (χ3n) is 3.14. The van der Waals surface area contributed by atoms with Crippen LogP contribution < -0.4 is 10.6 Å². The predicted octanol–water partition coefficient (Wildman–Crippen LogP) is 1.80. The molecule has 2 heterocycles. The summed E-state index contributed by atoms with van der Waals surface area (Å²) in [5, 5.41) is 10.7. The van der Waals surface area contributed by atoms with Crippen molar-refractivity contribution >= 4 is 39.8 Å². The van der Waals surface area contributed by atoms with Crippen molar-refractivity contribution in [2.45, 2.75) is 23.8 Å². The molecule has 1 saturated heterocycles. The Morgan fingerprint density at radius 1 is 1.63 bits per heavy atom. The smallest absolute Gasteiger partial charge is 0.350 e. The zero-order chi connectivity index (χ0) is 14.0. The van der Waals surface area contributed by atoms with Gasteiger partial charge >= 0.3 is 5.97 Å². The number of hydrogen-bond acceptors (Lipinski definition) is 7. The number of nitrogens with two attached hydrogens (primary N) is 1. The maximum absolute atomic E-state index is 11.7. The van der Waals surface area contributed by atoms with Crippen LogP contribution in [0, 0.1) is 0 Å². The van der Waals surface area contributed by atoms with E-state index in [4.69, 9.17) is 10.5 Å². The molecule has 0 aliphatic carbocycles. The number of aliphatic hydroxyl groups is 1. The first-order valence-electron chi connectivity index (χ1n) is 6.06. The highest BCUT2D eigenvalue weighted by Gasteiger charge is 2.27. The number of nitrogens with zero attached hydrogens (tertiary/aromatic N) is 1. The fraction of sp³-hybridized carbons (Fsp3) is 0.583. The SMILES string of the molecule is COC(=O)c1sc(N2CCCC(O)C2)c(SC)c1N. The fourth-order valence-corrected chi connectivity index (χ4v) is 4.34. The van der Waals surface area contributed by atoms with Crippen LogP contribution in [0.15, 0.2) is 4.90 Å². The Bertz CT molecular complexity index is 476. The van der Waals surface area contributed by atoms with E-state index in [1.807, 2.05) is 6.26 Å². The number of β-amino-alcohol motifs (C(OH)–C–C–N with tert-alkyl or cyclic N) is 1. The number of nitrogen functional groups attached to an aromatic ring is 1. The number of anilines is 2. The number of carbonyl (C=O) groups is 1. The lowest BCUT2D eigenvalue weighted by Gasteiger charge is -2.31. The topological polar surface area (TPSA) is 75.8 Å². The van der Waals surface area contributed by atoms with Crippen LogP contribution in [-0.2, 0) is 4.74 Å². The molecule has 1 unspecified atom stereocenters. The number of methoxy groups -OCH3 is 1. The maximum Gasteiger partial charge on any atom is 0.350 e. The first-order chi connectivity index (χ1) is 9.08. The first kappa shape index (κ1) is 14.5. The van der Waals surface area contributed by atoms with Crippen LogP contribution in [0.25, 0.3) is 0 Å². The molecule has 106 valence electrons. The summed E-state index contributed by atoms with van der Waals surface area (Å²) in [5.41, 5.74) is 6.52. The summed E-state index contributed by atoms with van der Waals surface area (Å²) in [6.07, 6.45) is 3.40. The van der Waals surface area contributed by atoms with Crippen molar-refractivity contribution in [3.8, 4) is 0 Å². The second-order valence-corrected chi connectivity index (χ2v) is 6.23. The van der Waals surface area contributed by atoms with Gasteiger partial charge in [-0.1, -0.05) is 0 Å². The third kappa shape index (κ3) is 2.82. The normalized spacial score (nSPS) is 19.5. The van der Waals surface area contributed by atoms with Crippen LogP contribution in [0.5, 0.6) is 0 Å². The number of ether oxygens (including phenoxy) is 1. The van der Waals surface area contributed by atoms with Gasteiger partial charge in [0.2, 0.25) is 0 Å². The molecule has 3 N–H and O–H groups in total. The maximum atomic E-state index is 11.7. The Balaban J connectivity index is 2.36. The molecule has 1 aliphatic heterocycles. The molecule has 1 fully saturated rings. The van der Waals surface area contributed by atoms with Gasteiger partial charge in [-0.05, 0) is 19.1 Å². The molecule has 5 nitrogen and oxygen atoms in total. The lowest BCUT2D eigenvalue weighted by atomic mass is 10.1. The van der Waals surface area contributed by atoms with E-state index < -0.39 is 5.97 Å². The number of piperidine rings is 1. The molecule has 0 radical (unpaired) electrons. The van der Waals surface area contributed by atoms with E-state index >= 15 is 0 Å². The second-order valence-electron chi connectivity index (χ2n) is 4.42. The van der Waals surface area contributed by atoms with Crippen molar-refractivity contribution in [2.24, 2.45) is 0 Å². The van der Waals surface area contributed by atoms with E-state index in [0.717, 1.165) is 29.3 Å². The summed E-state index contributed by atoms with van der Waals surface area (Å²) in [6.45, 7) is 1.47. The summed E-state index contributed by atoms with van der Waals surface area (Å²) < 4.78 is 4.75. The Hall–Kier alpha value is -0.920. The minimum Gasteiger partial charge on any atom is -0.465 e. The average molecular weight is 302 g/mol. The molecule has 1 aromatic rings. The van der Waals surface area contributed by atoms with Crippen molar-refractivity contribution in [1.82, 2.24) is 0 Å². The van der Waals surface area contributed by atoms with Crippen molar-refractivity contribution in [3.05, 3.63) is 4.88 Å². The van der Waals surface area contributed by atoms with Crippen molar-refractivity contribution in [1.29, 1.82) is 0 Å². The second kappa shape index (κ2) is 6.02. The first-order valence-corrected chi connectivity index (χ1v) is 8.10. The van der Waals surface area contributed by atoms with Gasteiger partial charge in [0.25, 0.3) is 0 Å². The van der Waals surface area contributed by atoms with Crippen LogP contribution in [0.4, 0.5) is 10.7 Å². The van der Waals surface area contributed by atoms with Crippen LogP contribution >= 0.6 is 23.1 Å². The number of carbonyl (C=O) groups excluding carboxylic acids is 1. The summed E-state index contributed by atoms with van der Waals surface area (Å²) in [4.78, 5) is 15.1. The van der Waals surface area contributed by atoms with Gasteiger partial charge in [0.15, 0.2) is 0 Å². The van der Waals surface area contributed by atoms with E-state index in [2.05, 4.69) is 4.90 Å². The molecule has 1 aliphatic rings. The monoisotopic (exact) mass is 302 g/mol. The highest BCUT2D eigenvalue weighted by atomic mass is 32.2. The van der Waals surface area contributed by atoms with Gasteiger partial charge in [0.1, 0.15) is 9.88 Å². The number of rotatable bonds is 3. The Kier molecular flexibility index (Phi) is 4.59. The Morgan fingerprint density at radius 2 is 2.37 bits per heavy atom. The Labute approximate surface area is 120 Å². The third-order valence-corrected chi connectivity index (χ3v) is 5.34. The van der Waals surface area contributed by atoms with Gasteiger partial charge in [0, 0.05) is 13.1 Å². The molecule has 7 heteroatoms. The van der Waals surface area contributed by atoms with Gasteiger partial charge < -0.3 is 20.5 Å². The quantitative estimate of drug-likeness (QED) is 0.655. The van der Waals surface area contributed by atoms with Gasteiger partial charge in [-0.3, -0.25) is 0 Å². The molecule has 0 bridgehead atoms. The lowest BCUT2D eigenvalue weighted by Crippen LogP contribution is -2.38. The molecule has 0 amide bonds. The fourth-order valence-electron chi connectivity index (χ4n) is 2.21. The molecular formula is C12H18N2O3S2. The standard InChI is InChI=1S/C12H18N2O3S2/c1-17-12(16)10-8(13)9(18-2)11(19-10)14-5-3-4-7(15)6-14/h7,15H,3-6,13H2,1-2H3. The number of hydrogen-bond donors (Lipinski definition) is 2. The molecule has 2 rings (SSSR count). The summed E-state index contributed by atoms with van der Waals surface area (Å²) in [7, 11) is 1.35. The van der Waals surface area contributed by atoms with E-state index in [1.54, 1.807) is 0 Å². The van der Waals surface area contributed by atoms with E-state index in [-0.39, 0.29) is 6.10 Å². The number of thioether (sulfide) groups is 1. The highest BCUT2D eigenvalue weighted by molar-refractivity contribution is 7.99. The van der Waals surface area contributed by atoms with Gasteiger partial charge in [-0.15, -0.1) is 23.1 Å². The zero-order valence-corrected chi connectivity index (χ0v) is 12.6. The highest BCUT2D eigenvalue weighted by Crippen LogP contribution is 2.44. The molecule has 1 aromatic heterocycles. The summed E-state index contributed by atoms with van der Waals surface area (Å²) in [5.74, 6) is -0.401. The molecule has 0 saturated carbocycles. The summed E-state index contributed by atoms with van der Waals surface area (Å²) >= 11 is 2.87. The van der Waals surface area contributed by atoms with Gasteiger partial charge in [0.05, 0.1) is 23.8 Å². The van der Waals surface area contributed by atoms with Gasteiger partial charge in [-0.2, -0.15) is 0 Å². The largest absolute Gasteiger partial charge is 0.465 e. The van der Waals surface area contributed by atoms with E-state index in [1.165, 1.54) is 30.2 Å². The van der Waals surface area contributed by atoms with Crippen LogP contribution in [0.1, 0.15) is 22.5 Å². The molecule has 1 atom stereocenters. The van der Waals surface area contributed by atoms with Crippen LogP contribution in [0.3, 0.4) is 0 Å². The molecule has 0 spiro atoms. The molecule has 0 aromatic carbocycles. The minimum absolute atomic E-state index is 0.312. The van der Waals surface area contributed by atoms with Gasteiger partial charge in [-0.25, -0.2) is 4.79 Å². The van der Waals surface area contributed by atoms with Crippen LogP contribution in [0.2, 0.25) is 0 Å². The number of esters is 1. The lowest BCUT2D eigenvalue weighted by molar-refractivity contribution is 0.0607. The number of aliphatic hydroxyl groups excluding tert-OH is 1. The molecular weight excluding hydrogens is 284 g/mol.